The molecule has 5 nitrogen and oxygen atoms in total. The van der Waals surface area contributed by atoms with Gasteiger partial charge in [0.05, 0.1) is 17.2 Å². The minimum absolute atomic E-state index is 0. The Morgan fingerprint density at radius 1 is 1.13 bits per heavy atom. The van der Waals surface area contributed by atoms with E-state index in [1.54, 1.807) is 0 Å². The average molecular weight is 604 g/mol. The second kappa shape index (κ2) is 14.7. The predicted octanol–water partition coefficient (Wildman–Crippen LogP) is 7.21. The fourth-order valence-corrected chi connectivity index (χ4v) is 6.22. The molecule has 2 aliphatic carbocycles. The quantitative estimate of drug-likeness (QED) is 0.256. The Labute approximate surface area is 271 Å². The molecular weight excluding hydrogens is 552 g/mol. The Morgan fingerprint density at radius 3 is 2.49 bits per heavy atom. The number of rotatable bonds is 8. The molecule has 0 spiro atoms. The summed E-state index contributed by atoms with van der Waals surface area (Å²) in [5.41, 5.74) is 8.79. The van der Waals surface area contributed by atoms with Gasteiger partial charge in [-0.1, -0.05) is 69.7 Å². The van der Waals surface area contributed by atoms with Gasteiger partial charge in [-0.15, -0.1) is 0 Å². The lowest BCUT2D eigenvalue weighted by atomic mass is 9.75. The lowest BCUT2D eigenvalue weighted by Gasteiger charge is -2.34. The van der Waals surface area contributed by atoms with Gasteiger partial charge in [-0.3, -0.25) is 4.79 Å². The van der Waals surface area contributed by atoms with Crippen molar-refractivity contribution < 1.29 is 6.22 Å². The van der Waals surface area contributed by atoms with Crippen LogP contribution in [0.4, 0.5) is 0 Å². The van der Waals surface area contributed by atoms with Crippen LogP contribution in [-0.4, -0.2) is 36.3 Å². The van der Waals surface area contributed by atoms with Crippen molar-refractivity contribution in [2.45, 2.75) is 86.0 Å². The van der Waals surface area contributed by atoms with E-state index in [0.717, 1.165) is 76.6 Å². The van der Waals surface area contributed by atoms with Crippen molar-refractivity contribution in [2.24, 2.45) is 4.99 Å². The van der Waals surface area contributed by atoms with Crippen LogP contribution in [0.3, 0.4) is 0 Å². The molecule has 1 radical (unpaired) electrons. The fourth-order valence-electron chi connectivity index (χ4n) is 6.22. The van der Waals surface area contributed by atoms with Gasteiger partial charge in [0.15, 0.2) is 0 Å². The van der Waals surface area contributed by atoms with E-state index in [9.17, 15) is 10.1 Å². The van der Waals surface area contributed by atoms with Crippen LogP contribution in [0, 0.1) is 17.8 Å². The van der Waals surface area contributed by atoms with E-state index in [2.05, 4.69) is 73.5 Å². The topological polar surface area (TPSA) is 68.5 Å². The molecule has 5 heteroatoms. The second-order valence-electron chi connectivity index (χ2n) is 12.0. The van der Waals surface area contributed by atoms with Crippen molar-refractivity contribution in [1.29, 1.82) is 5.26 Å². The number of amidine groups is 1. The summed E-state index contributed by atoms with van der Waals surface area (Å²) >= 11 is 0. The first kappa shape index (κ1) is 33.7. The first-order valence-corrected chi connectivity index (χ1v) is 16.6. The van der Waals surface area contributed by atoms with Crippen LogP contribution in [0.2, 0.25) is 0 Å². The third-order valence-corrected chi connectivity index (χ3v) is 9.00. The maximum atomic E-state index is 13.4. The number of fused-ring (bicyclic) bond motifs is 1. The first-order valence-electron chi connectivity index (χ1n) is 16.6. The van der Waals surface area contributed by atoms with Crippen molar-refractivity contribution in [3.05, 3.63) is 104 Å². The summed E-state index contributed by atoms with van der Waals surface area (Å²) in [5, 5.41) is 15.4. The maximum Gasteiger partial charge on any atom is 0.251 e. The van der Waals surface area contributed by atoms with Crippen LogP contribution in [0.15, 0.2) is 64.7 Å². The highest BCUT2D eigenvalue weighted by Gasteiger charge is 2.40. The molecule has 0 aromatic heterocycles. The van der Waals surface area contributed by atoms with Crippen molar-refractivity contribution in [3.8, 4) is 6.07 Å². The van der Waals surface area contributed by atoms with Crippen molar-refractivity contribution in [3.63, 3.8) is 0 Å². The monoisotopic (exact) mass is 603 g/mol. The zero-order valence-corrected chi connectivity index (χ0v) is 28.3. The summed E-state index contributed by atoms with van der Waals surface area (Å²) in [6.07, 6.45) is 12.9. The summed E-state index contributed by atoms with van der Waals surface area (Å²) in [7, 11) is 0. The molecule has 2 aromatic carbocycles. The molecular formula is C40H51N4O. The Kier molecular flexibility index (Phi) is 11.0. The second-order valence-corrected chi connectivity index (χ2v) is 12.0. The standard InChI is InChI=1S/C38H43N4O.C2H6.H2/c1-7-26-12-13-28(35(9-3)41-36(10-4)42-14-11-15-42)18-29(26)16-25(5)23-40-37(43)31-17-27(8-2)33-20-30-19-32(30)22-38(6,24-39)34(33)21-31;1-2;/h7,9,12-13,16-19,21H,5,8,10-11,14-15,20,22-23H2,1-4,6H3,(H,40,43);1-2H3;1H/b26-7-,29-16-,35-9-,41-36?;;/t38-;;/m0../s1. The third-order valence-electron chi connectivity index (χ3n) is 9.00. The summed E-state index contributed by atoms with van der Waals surface area (Å²) in [5.74, 6) is 0.989. The normalized spacial score (nSPS) is 19.8. The van der Waals surface area contributed by atoms with E-state index in [1.165, 1.54) is 23.1 Å². The minimum atomic E-state index is -0.641. The van der Waals surface area contributed by atoms with Gasteiger partial charge in [-0.05, 0) is 103 Å². The molecule has 1 atom stereocenters. The van der Waals surface area contributed by atoms with Crippen molar-refractivity contribution in [2.75, 3.05) is 19.6 Å². The zero-order chi connectivity index (χ0) is 32.7. The molecule has 0 bridgehead atoms. The van der Waals surface area contributed by atoms with Gasteiger partial charge in [-0.25, -0.2) is 4.99 Å². The van der Waals surface area contributed by atoms with E-state index < -0.39 is 5.41 Å². The lowest BCUT2D eigenvalue weighted by molar-refractivity contribution is 0.0957. The van der Waals surface area contributed by atoms with Gasteiger partial charge in [-0.2, -0.15) is 5.26 Å². The van der Waals surface area contributed by atoms with E-state index in [0.29, 0.717) is 18.5 Å². The highest BCUT2D eigenvalue weighted by molar-refractivity contribution is 5.95. The van der Waals surface area contributed by atoms with Crippen LogP contribution in [0.25, 0.3) is 17.8 Å². The summed E-state index contributed by atoms with van der Waals surface area (Å²) in [4.78, 5) is 20.8. The van der Waals surface area contributed by atoms with E-state index in [1.807, 2.05) is 52.8 Å². The largest absolute Gasteiger partial charge is 0.360 e. The van der Waals surface area contributed by atoms with Crippen LogP contribution >= 0.6 is 0 Å². The van der Waals surface area contributed by atoms with Gasteiger partial charge in [0.25, 0.3) is 5.91 Å². The SMILES string of the molecule is C=C(/C=c1/cc(/C(=C/C)N=C(CC)N2CCC2)cc/c1=C/C)CNC(=O)c1cc(CC)c2c(c1)[C@](C)(C#N)CC1=C([CH]1)C2.CC.[HH]. The van der Waals surface area contributed by atoms with Crippen LogP contribution in [0.5, 0.6) is 0 Å². The van der Waals surface area contributed by atoms with Crippen molar-refractivity contribution >= 4 is 29.6 Å². The Morgan fingerprint density at radius 2 is 1.89 bits per heavy atom. The molecule has 45 heavy (non-hydrogen) atoms. The summed E-state index contributed by atoms with van der Waals surface area (Å²) < 4.78 is 0. The predicted molar refractivity (Wildman–Crippen MR) is 191 cm³/mol. The van der Waals surface area contributed by atoms with Crippen LogP contribution < -0.4 is 15.8 Å². The number of carbonyl (C=O) groups is 1. The molecule has 1 amide bonds. The number of hydrogen-bond acceptors (Lipinski definition) is 3. The third kappa shape index (κ3) is 7.39. The maximum absolute atomic E-state index is 13.4. The number of aryl methyl sites for hydroxylation is 1. The molecule has 2 aromatic rings. The smallest absolute Gasteiger partial charge is 0.251 e. The van der Waals surface area contributed by atoms with E-state index in [-0.39, 0.29) is 7.33 Å². The number of aliphatic imine (C=N–C) groups is 1. The zero-order valence-electron chi connectivity index (χ0n) is 28.3. The number of carbonyl (C=O) groups excluding carboxylic acids is 1. The number of nitrogens with one attached hydrogen (secondary N) is 1. The summed E-state index contributed by atoms with van der Waals surface area (Å²) in [6.45, 7) is 21.1. The molecule has 5 rings (SSSR count). The van der Waals surface area contributed by atoms with Gasteiger partial charge in [0.2, 0.25) is 0 Å². The number of nitriles is 1. The van der Waals surface area contributed by atoms with Crippen LogP contribution in [-0.2, 0) is 18.3 Å². The summed E-state index contributed by atoms with van der Waals surface area (Å²) in [6, 6.07) is 12.9. The lowest BCUT2D eigenvalue weighted by Crippen LogP contribution is -2.41. The molecule has 0 saturated carbocycles. The van der Waals surface area contributed by atoms with Gasteiger partial charge < -0.3 is 10.2 Å². The van der Waals surface area contributed by atoms with Gasteiger partial charge >= 0.3 is 0 Å². The fraction of sp³-hybridized carbons (Fsp3) is 0.400. The molecule has 1 N–H and O–H groups in total. The Bertz CT molecular complexity index is 1740. The Balaban J connectivity index is 0.00000188. The van der Waals surface area contributed by atoms with Gasteiger partial charge in [0, 0.05) is 45.0 Å². The number of nitrogens with zero attached hydrogens (tertiary/aromatic N) is 3. The highest BCUT2D eigenvalue weighted by Crippen LogP contribution is 2.48. The Hall–Kier alpha value is -4.17. The number of allylic oxidation sites excluding steroid dienone is 3. The molecule has 1 heterocycles. The molecule has 0 unspecified atom stereocenters. The molecule has 237 valence electrons. The van der Waals surface area contributed by atoms with E-state index in [4.69, 9.17) is 4.99 Å². The minimum Gasteiger partial charge on any atom is -0.360 e. The highest BCUT2D eigenvalue weighted by atomic mass is 16.1. The number of likely N-dealkylation sites (tertiary alicyclic amines) is 1. The number of benzene rings is 2. The number of hydrogen-bond donors (Lipinski definition) is 1. The van der Waals surface area contributed by atoms with Gasteiger partial charge in [0.1, 0.15) is 5.84 Å². The first-order chi connectivity index (χ1) is 21.7. The number of amides is 1. The average Bonchev–Trinajstić information content (AvgIpc) is 3.78. The molecule has 3 aliphatic rings. The molecule has 1 aliphatic heterocycles. The van der Waals surface area contributed by atoms with E-state index >= 15 is 0 Å². The van der Waals surface area contributed by atoms with Crippen molar-refractivity contribution in [1.82, 2.24) is 10.2 Å². The molecule has 1 fully saturated rings. The molecule has 1 saturated heterocycles. The van der Waals surface area contributed by atoms with Crippen LogP contribution in [0.1, 0.15) is 102 Å².